The Morgan fingerprint density at radius 2 is 1.60 bits per heavy atom. The second-order valence-corrected chi connectivity index (χ2v) is 10.1. The van der Waals surface area contributed by atoms with E-state index < -0.39 is 48.3 Å². The maximum Gasteiger partial charge on any atom is 0.378 e. The summed E-state index contributed by atoms with van der Waals surface area (Å²) < 4.78 is 98.9. The molecule has 0 unspecified atom stereocenters. The number of benzene rings is 2. The van der Waals surface area contributed by atoms with E-state index in [-0.39, 0.29) is 16.7 Å². The van der Waals surface area contributed by atoms with Crippen LogP contribution in [-0.2, 0) is 22.4 Å². The van der Waals surface area contributed by atoms with Crippen molar-refractivity contribution in [3.8, 4) is 16.9 Å². The third kappa shape index (κ3) is 7.17. The highest BCUT2D eigenvalue weighted by atomic mass is 19.3. The van der Waals surface area contributed by atoms with Gasteiger partial charge in [0.1, 0.15) is 11.3 Å². The molecule has 228 valence electrons. The molecule has 2 aromatic carbocycles. The number of ether oxygens (including phenoxy) is 2. The molecular formula is C31H32F6O5. The van der Waals surface area contributed by atoms with Gasteiger partial charge in [0.2, 0.25) is 0 Å². The summed E-state index contributed by atoms with van der Waals surface area (Å²) in [7, 11) is 0. The van der Waals surface area contributed by atoms with Crippen molar-refractivity contribution in [2.45, 2.75) is 70.6 Å². The Labute approximate surface area is 239 Å². The van der Waals surface area contributed by atoms with Crippen LogP contribution in [0.1, 0.15) is 51.2 Å². The van der Waals surface area contributed by atoms with Crippen molar-refractivity contribution in [1.82, 2.24) is 0 Å². The summed E-state index contributed by atoms with van der Waals surface area (Å²) in [5.41, 5.74) is 1.91. The monoisotopic (exact) mass is 598 g/mol. The van der Waals surface area contributed by atoms with E-state index >= 15 is 0 Å². The van der Waals surface area contributed by atoms with E-state index in [4.69, 9.17) is 9.15 Å². The summed E-state index contributed by atoms with van der Waals surface area (Å²) in [6, 6.07) is 11.0. The van der Waals surface area contributed by atoms with Crippen molar-refractivity contribution in [2.75, 3.05) is 13.2 Å². The van der Waals surface area contributed by atoms with Gasteiger partial charge in [-0.05, 0) is 61.1 Å². The van der Waals surface area contributed by atoms with Crippen LogP contribution in [0.5, 0.6) is 5.75 Å². The van der Waals surface area contributed by atoms with Crippen LogP contribution < -0.4 is 10.4 Å². The molecule has 1 heterocycles. The summed E-state index contributed by atoms with van der Waals surface area (Å²) in [5.74, 6) is -18.6. The molecule has 0 N–H and O–H groups in total. The first kappa shape index (κ1) is 32.8. The van der Waals surface area contributed by atoms with Crippen LogP contribution in [0, 0.1) is 0 Å². The lowest BCUT2D eigenvalue weighted by molar-refractivity contribution is -0.322. The molecule has 0 fully saturated rings. The van der Waals surface area contributed by atoms with Crippen LogP contribution in [0.4, 0.5) is 26.3 Å². The SMILES string of the molecule is C=C(C)C(=O)OCC(F)(F)C(F)(F)C(F)(F)COc1ccc2cc(-c3ccc(CCCCC)cc3CC)c(=O)oc2c1. The topological polar surface area (TPSA) is 65.7 Å². The van der Waals surface area contributed by atoms with Gasteiger partial charge in [0, 0.05) is 17.0 Å². The lowest BCUT2D eigenvalue weighted by atomic mass is 9.94. The van der Waals surface area contributed by atoms with Crippen molar-refractivity contribution < 1.29 is 45.0 Å². The predicted molar refractivity (Wildman–Crippen MR) is 147 cm³/mol. The Balaban J connectivity index is 1.80. The smallest absolute Gasteiger partial charge is 0.378 e. The highest BCUT2D eigenvalue weighted by molar-refractivity contribution is 5.87. The first-order chi connectivity index (χ1) is 19.6. The fraction of sp³-hybridized carbons (Fsp3) is 0.419. The highest BCUT2D eigenvalue weighted by Crippen LogP contribution is 2.46. The first-order valence-corrected chi connectivity index (χ1v) is 13.4. The summed E-state index contributed by atoms with van der Waals surface area (Å²) in [5, 5.41) is 0.397. The number of carbonyl (C=O) groups is 1. The highest BCUT2D eigenvalue weighted by Gasteiger charge is 2.72. The van der Waals surface area contributed by atoms with Crippen LogP contribution in [0.2, 0.25) is 0 Å². The molecule has 42 heavy (non-hydrogen) atoms. The van der Waals surface area contributed by atoms with Crippen molar-refractivity contribution in [3.63, 3.8) is 0 Å². The van der Waals surface area contributed by atoms with Gasteiger partial charge in [-0.25, -0.2) is 9.59 Å². The summed E-state index contributed by atoms with van der Waals surface area (Å²) >= 11 is 0. The van der Waals surface area contributed by atoms with Crippen LogP contribution in [-0.4, -0.2) is 37.0 Å². The van der Waals surface area contributed by atoms with Gasteiger partial charge in [-0.3, -0.25) is 0 Å². The Kier molecular flexibility index (Phi) is 10.2. The van der Waals surface area contributed by atoms with E-state index in [1.807, 2.05) is 19.1 Å². The molecule has 3 rings (SSSR count). The molecule has 0 atom stereocenters. The van der Waals surface area contributed by atoms with Crippen LogP contribution in [0.25, 0.3) is 22.1 Å². The van der Waals surface area contributed by atoms with E-state index in [1.165, 1.54) is 6.07 Å². The summed E-state index contributed by atoms with van der Waals surface area (Å²) in [6.45, 7) is 3.83. The van der Waals surface area contributed by atoms with Gasteiger partial charge in [-0.1, -0.05) is 51.5 Å². The largest absolute Gasteiger partial charge is 0.487 e. The normalized spacial score (nSPS) is 12.4. The number of rotatable bonds is 14. The quantitative estimate of drug-likeness (QED) is 0.0616. The molecular weight excluding hydrogens is 566 g/mol. The van der Waals surface area contributed by atoms with Crippen LogP contribution in [0.3, 0.4) is 0 Å². The zero-order chi connectivity index (χ0) is 31.3. The molecule has 3 aromatic rings. The van der Waals surface area contributed by atoms with Gasteiger partial charge in [-0.2, -0.15) is 26.3 Å². The van der Waals surface area contributed by atoms with E-state index in [1.54, 1.807) is 6.07 Å². The van der Waals surface area contributed by atoms with Crippen LogP contribution in [0.15, 0.2) is 63.8 Å². The first-order valence-electron chi connectivity index (χ1n) is 13.4. The Hall–Kier alpha value is -3.76. The van der Waals surface area contributed by atoms with Gasteiger partial charge >= 0.3 is 29.4 Å². The average molecular weight is 599 g/mol. The zero-order valence-electron chi connectivity index (χ0n) is 23.5. The zero-order valence-corrected chi connectivity index (χ0v) is 23.5. The Morgan fingerprint density at radius 3 is 2.24 bits per heavy atom. The molecule has 0 spiro atoms. The van der Waals surface area contributed by atoms with E-state index in [9.17, 15) is 35.9 Å². The van der Waals surface area contributed by atoms with Gasteiger partial charge in [0.25, 0.3) is 0 Å². The number of carbonyl (C=O) groups excluding carboxylic acids is 1. The fourth-order valence-electron chi connectivity index (χ4n) is 4.21. The number of alkyl halides is 6. The van der Waals surface area contributed by atoms with Crippen molar-refractivity contribution in [2.24, 2.45) is 0 Å². The standard InChI is InChI=1S/C31H32F6O5/c1-5-7-8-9-20-10-13-24(21(6-2)14-20)25-15-22-11-12-23(16-26(22)42-28(25)39)40-17-29(32,33)31(36,37)30(34,35)18-41-27(38)19(3)4/h10-16H,3,5-9,17-18H2,1-2,4H3. The molecule has 0 radical (unpaired) electrons. The third-order valence-corrected chi connectivity index (χ3v) is 6.69. The number of hydrogen-bond donors (Lipinski definition) is 0. The van der Waals surface area contributed by atoms with Gasteiger partial charge in [0.05, 0.1) is 5.56 Å². The maximum atomic E-state index is 14.3. The Bertz CT molecular complexity index is 1490. The van der Waals surface area contributed by atoms with Gasteiger partial charge in [-0.15, -0.1) is 0 Å². The second kappa shape index (κ2) is 13.0. The number of esters is 1. The lowest BCUT2D eigenvalue weighted by Gasteiger charge is -2.32. The molecule has 0 aliphatic rings. The third-order valence-electron chi connectivity index (χ3n) is 6.69. The van der Waals surface area contributed by atoms with E-state index in [0.29, 0.717) is 17.4 Å². The predicted octanol–water partition coefficient (Wildman–Crippen LogP) is 8.16. The van der Waals surface area contributed by atoms with Crippen molar-refractivity contribution in [1.29, 1.82) is 0 Å². The summed E-state index contributed by atoms with van der Waals surface area (Å²) in [6.07, 6.45) is 4.85. The van der Waals surface area contributed by atoms with Crippen molar-refractivity contribution >= 4 is 16.9 Å². The minimum absolute atomic E-state index is 0.0809. The van der Waals surface area contributed by atoms with Crippen molar-refractivity contribution in [3.05, 3.63) is 76.2 Å². The molecule has 0 bridgehead atoms. The number of unbranched alkanes of at least 4 members (excludes halogenated alkanes) is 2. The molecule has 0 saturated carbocycles. The lowest BCUT2D eigenvalue weighted by Crippen LogP contribution is -2.58. The molecule has 0 amide bonds. The fourth-order valence-corrected chi connectivity index (χ4v) is 4.21. The molecule has 0 aliphatic heterocycles. The number of hydrogen-bond acceptors (Lipinski definition) is 5. The molecule has 5 nitrogen and oxygen atoms in total. The molecule has 0 aliphatic carbocycles. The maximum absolute atomic E-state index is 14.3. The molecule has 0 saturated heterocycles. The molecule has 1 aromatic heterocycles. The van der Waals surface area contributed by atoms with Gasteiger partial charge < -0.3 is 13.9 Å². The Morgan fingerprint density at radius 1 is 0.905 bits per heavy atom. The number of aryl methyl sites for hydroxylation is 2. The van der Waals surface area contributed by atoms with E-state index in [2.05, 4.69) is 24.3 Å². The number of fused-ring (bicyclic) bond motifs is 1. The minimum atomic E-state index is -5.93. The van der Waals surface area contributed by atoms with Crippen LogP contribution >= 0.6 is 0 Å². The second-order valence-electron chi connectivity index (χ2n) is 10.1. The van der Waals surface area contributed by atoms with Gasteiger partial charge in [0.15, 0.2) is 13.2 Å². The average Bonchev–Trinajstić information content (AvgIpc) is 2.94. The number of halogens is 6. The molecule has 11 heteroatoms. The summed E-state index contributed by atoms with van der Waals surface area (Å²) in [4.78, 5) is 24.1. The van der Waals surface area contributed by atoms with E-state index in [0.717, 1.165) is 55.9 Å². The minimum Gasteiger partial charge on any atom is -0.487 e.